The minimum Gasteiger partial charge on any atom is -0.748 e. The van der Waals surface area contributed by atoms with Crippen LogP contribution in [-0.2, 0) is 31.0 Å². The normalized spacial score (nSPS) is 12.8. The van der Waals surface area contributed by atoms with Crippen molar-refractivity contribution in [2.24, 2.45) is 0 Å². The number of carbonyl (C=O) groups is 2. The minimum atomic E-state index is -3.92. The Bertz CT molecular complexity index is 759. The van der Waals surface area contributed by atoms with Crippen LogP contribution in [0.3, 0.4) is 0 Å². The summed E-state index contributed by atoms with van der Waals surface area (Å²) < 4.78 is 38.4. The van der Waals surface area contributed by atoms with Crippen LogP contribution in [0.2, 0.25) is 0 Å². The fourth-order valence-electron chi connectivity index (χ4n) is 2.29. The fraction of sp³-hybridized carbons (Fsp3) is 0.600. The Morgan fingerprint density at radius 2 is 1.63 bits per heavy atom. The van der Waals surface area contributed by atoms with E-state index in [0.717, 1.165) is 5.56 Å². The molecule has 0 saturated heterocycles. The van der Waals surface area contributed by atoms with Crippen molar-refractivity contribution in [3.63, 3.8) is 0 Å². The summed E-state index contributed by atoms with van der Waals surface area (Å²) in [5.41, 5.74) is 0.345. The van der Waals surface area contributed by atoms with Crippen LogP contribution in [-0.4, -0.2) is 75.1 Å². The van der Waals surface area contributed by atoms with Crippen molar-refractivity contribution >= 4 is 22.2 Å². The summed E-state index contributed by atoms with van der Waals surface area (Å²) in [5, 5.41) is 2.78. The molecule has 9 nitrogen and oxygen atoms in total. The quantitative estimate of drug-likeness (QED) is 0.385. The van der Waals surface area contributed by atoms with Gasteiger partial charge in [-0.05, 0) is 26.3 Å². The van der Waals surface area contributed by atoms with E-state index in [1.165, 1.54) is 0 Å². The Hall–Kier alpha value is -2.17. The first-order valence-corrected chi connectivity index (χ1v) is 11.2. The average Bonchev–Trinajstić information content (AvgIpc) is 2.48. The molecule has 0 unspecified atom stereocenters. The number of rotatable bonds is 7. The number of carbonyl (C=O) groups excluding carboxylic acids is 2. The molecule has 0 aliphatic heterocycles. The van der Waals surface area contributed by atoms with Gasteiger partial charge in [0.25, 0.3) is 0 Å². The van der Waals surface area contributed by atoms with Crippen molar-refractivity contribution in [2.75, 3.05) is 33.9 Å². The molecule has 0 spiro atoms. The molecule has 1 N–H and O–H groups in total. The number of alkyl carbamates (subject to hydrolysis) is 1. The summed E-state index contributed by atoms with van der Waals surface area (Å²) in [4.78, 5) is 24.2. The number of ether oxygens (including phenoxy) is 2. The van der Waals surface area contributed by atoms with Crippen molar-refractivity contribution in [1.82, 2.24) is 5.32 Å². The molecule has 172 valence electrons. The molecule has 1 rings (SSSR count). The van der Waals surface area contributed by atoms with Gasteiger partial charge in [0.05, 0.1) is 50.3 Å². The summed E-state index contributed by atoms with van der Waals surface area (Å²) in [6.45, 7) is 6.21. The van der Waals surface area contributed by atoms with Crippen molar-refractivity contribution in [2.45, 2.75) is 45.4 Å². The molecule has 30 heavy (non-hydrogen) atoms. The molecule has 0 aliphatic carbocycles. The van der Waals surface area contributed by atoms with Crippen molar-refractivity contribution in [1.29, 1.82) is 0 Å². The van der Waals surface area contributed by atoms with E-state index in [9.17, 15) is 9.59 Å². The van der Waals surface area contributed by atoms with Gasteiger partial charge >= 0.3 is 12.1 Å². The number of esters is 1. The van der Waals surface area contributed by atoms with E-state index in [1.807, 2.05) is 51.5 Å². The van der Waals surface area contributed by atoms with Gasteiger partial charge in [0.2, 0.25) is 0 Å². The highest BCUT2D eigenvalue weighted by Crippen LogP contribution is 2.09. The number of quaternary nitrogens is 1. The van der Waals surface area contributed by atoms with Crippen LogP contribution in [0.15, 0.2) is 30.3 Å². The number of amides is 1. The molecule has 0 radical (unpaired) electrons. The molecular weight excluding hydrogens is 412 g/mol. The number of benzene rings is 1. The van der Waals surface area contributed by atoms with Crippen LogP contribution < -0.4 is 5.32 Å². The zero-order chi connectivity index (χ0) is 23.6. The van der Waals surface area contributed by atoms with E-state index in [1.54, 1.807) is 20.8 Å². The second-order valence-electron chi connectivity index (χ2n) is 8.87. The number of nitrogens with zero attached hydrogens (tertiary/aromatic N) is 1. The molecule has 0 bridgehead atoms. The Morgan fingerprint density at radius 3 is 2.07 bits per heavy atom. The minimum absolute atomic E-state index is 0.0988. The van der Waals surface area contributed by atoms with Crippen LogP contribution >= 0.6 is 0 Å². The maximum Gasteiger partial charge on any atom is 0.408 e. The Balaban J connectivity index is 0.00000150. The second kappa shape index (κ2) is 11.9. The van der Waals surface area contributed by atoms with Crippen molar-refractivity contribution in [3.8, 4) is 0 Å². The first kappa shape index (κ1) is 27.8. The molecule has 0 heterocycles. The van der Waals surface area contributed by atoms with E-state index in [2.05, 4.69) is 5.32 Å². The van der Waals surface area contributed by atoms with Crippen LogP contribution in [0.1, 0.15) is 32.8 Å². The predicted molar refractivity (Wildman–Crippen MR) is 113 cm³/mol. The van der Waals surface area contributed by atoms with Crippen LogP contribution in [0.5, 0.6) is 0 Å². The number of hydrogen-bond acceptors (Lipinski definition) is 7. The molecule has 10 heteroatoms. The van der Waals surface area contributed by atoms with Gasteiger partial charge in [0.1, 0.15) is 12.2 Å². The largest absolute Gasteiger partial charge is 0.748 e. The van der Waals surface area contributed by atoms with Gasteiger partial charge in [-0.25, -0.2) is 13.2 Å². The number of likely N-dealkylation sites (N-methyl/N-ethyl adjacent to an activating group) is 1. The third-order valence-electron chi connectivity index (χ3n) is 3.14. The monoisotopic (exact) mass is 446 g/mol. The highest BCUT2D eigenvalue weighted by atomic mass is 32.2. The van der Waals surface area contributed by atoms with Gasteiger partial charge in [-0.1, -0.05) is 30.3 Å². The number of nitrogens with one attached hydrogen (secondary N) is 1. The maximum atomic E-state index is 12.2. The van der Waals surface area contributed by atoms with Gasteiger partial charge in [-0.2, -0.15) is 0 Å². The summed E-state index contributed by atoms with van der Waals surface area (Å²) >= 11 is 0. The number of hydrogen-bond donors (Lipinski definition) is 1. The third kappa shape index (κ3) is 19.2. The summed E-state index contributed by atoms with van der Waals surface area (Å²) in [6, 6.07) is 9.14. The standard InChI is InChI=1S/C19H30N2O4.CH4O3S/c1-19(2,3)25-18(23)20-16(13-21(4,5)6)12-17(22)24-14-15-10-8-7-9-11-15;1-5(2,3)4/h7-11,16H,12-14H2,1-6H3;1H3,(H,2,3,4)/t16-;/m1./s1. The molecule has 0 aromatic heterocycles. The van der Waals surface area contributed by atoms with E-state index in [4.69, 9.17) is 22.4 Å². The van der Waals surface area contributed by atoms with E-state index in [-0.39, 0.29) is 25.0 Å². The van der Waals surface area contributed by atoms with Crippen molar-refractivity contribution < 1.29 is 36.5 Å². The van der Waals surface area contributed by atoms with Gasteiger partial charge in [-0.15, -0.1) is 0 Å². The smallest absolute Gasteiger partial charge is 0.408 e. The molecule has 0 fully saturated rings. The summed E-state index contributed by atoms with van der Waals surface area (Å²) in [7, 11) is 2.08. The van der Waals surface area contributed by atoms with Gasteiger partial charge < -0.3 is 23.8 Å². The summed E-state index contributed by atoms with van der Waals surface area (Å²) in [5.74, 6) is -0.349. The van der Waals surface area contributed by atoms with Gasteiger partial charge in [0, 0.05) is 6.26 Å². The Labute approximate surface area is 179 Å². The Kier molecular flexibility index (Phi) is 11.0. The lowest BCUT2D eigenvalue weighted by molar-refractivity contribution is -0.871. The first-order valence-electron chi connectivity index (χ1n) is 9.35. The lowest BCUT2D eigenvalue weighted by atomic mass is 10.2. The third-order valence-corrected chi connectivity index (χ3v) is 3.14. The molecule has 0 saturated carbocycles. The average molecular weight is 447 g/mol. The van der Waals surface area contributed by atoms with Crippen LogP contribution in [0, 0.1) is 0 Å². The topological polar surface area (TPSA) is 122 Å². The second-order valence-corrected chi connectivity index (χ2v) is 10.3. The van der Waals surface area contributed by atoms with Gasteiger partial charge in [0.15, 0.2) is 0 Å². The zero-order valence-electron chi connectivity index (χ0n) is 18.8. The molecular formula is C20H34N2O7S. The SMILES string of the molecule is CC(C)(C)OC(=O)N[C@H](CC(=O)OCc1ccccc1)C[N+](C)(C)C.CS(=O)(=O)[O-]. The molecule has 1 aromatic carbocycles. The highest BCUT2D eigenvalue weighted by molar-refractivity contribution is 7.84. The first-order chi connectivity index (χ1) is 13.4. The molecule has 0 aliphatic rings. The molecule has 1 amide bonds. The summed E-state index contributed by atoms with van der Waals surface area (Å²) in [6.07, 6.45) is 0.177. The lowest BCUT2D eigenvalue weighted by Gasteiger charge is -2.30. The van der Waals surface area contributed by atoms with Crippen LogP contribution in [0.4, 0.5) is 4.79 Å². The van der Waals surface area contributed by atoms with Crippen molar-refractivity contribution in [3.05, 3.63) is 35.9 Å². The van der Waals surface area contributed by atoms with E-state index in [0.29, 0.717) is 17.3 Å². The van der Waals surface area contributed by atoms with Crippen LogP contribution in [0.25, 0.3) is 0 Å². The highest BCUT2D eigenvalue weighted by Gasteiger charge is 2.26. The van der Waals surface area contributed by atoms with E-state index < -0.39 is 21.8 Å². The molecule has 1 atom stereocenters. The maximum absolute atomic E-state index is 12.2. The molecule has 1 aromatic rings. The van der Waals surface area contributed by atoms with E-state index >= 15 is 0 Å². The fourth-order valence-corrected chi connectivity index (χ4v) is 2.29. The predicted octanol–water partition coefficient (Wildman–Crippen LogP) is 1.88. The lowest BCUT2D eigenvalue weighted by Crippen LogP contribution is -2.50. The Morgan fingerprint density at radius 1 is 1.13 bits per heavy atom. The zero-order valence-corrected chi connectivity index (χ0v) is 19.6. The van der Waals surface area contributed by atoms with Gasteiger partial charge in [-0.3, -0.25) is 4.79 Å².